The van der Waals surface area contributed by atoms with Crippen LogP contribution in [0.3, 0.4) is 0 Å². The number of ether oxygens (including phenoxy) is 1. The predicted octanol–water partition coefficient (Wildman–Crippen LogP) is 4.34. The van der Waals surface area contributed by atoms with E-state index in [1.54, 1.807) is 6.07 Å². The zero-order chi connectivity index (χ0) is 21.1. The van der Waals surface area contributed by atoms with Crippen molar-refractivity contribution in [1.82, 2.24) is 14.7 Å². The summed E-state index contributed by atoms with van der Waals surface area (Å²) in [5.41, 5.74) is 4.60. The number of para-hydroxylation sites is 1. The van der Waals surface area contributed by atoms with Crippen LogP contribution in [0.2, 0.25) is 0 Å². The number of aryl methyl sites for hydroxylation is 1. The molecule has 1 aromatic heterocycles. The van der Waals surface area contributed by atoms with Crippen molar-refractivity contribution >= 4 is 0 Å². The average molecular weight is 410 g/mol. The fraction of sp³-hybridized carbons (Fsp3) is 0.375. The molecule has 0 radical (unpaired) electrons. The number of aromatic nitrogens is 2. The lowest BCUT2D eigenvalue weighted by Crippen LogP contribution is -2.41. The number of likely N-dealkylation sites (tertiary alicyclic amines) is 1. The molecule has 30 heavy (non-hydrogen) atoms. The lowest BCUT2D eigenvalue weighted by molar-refractivity contribution is 0.0842. The van der Waals surface area contributed by atoms with E-state index in [-0.39, 0.29) is 18.4 Å². The molecule has 1 saturated heterocycles. The highest BCUT2D eigenvalue weighted by Crippen LogP contribution is 2.30. The molecule has 1 N–H and O–H groups in total. The average Bonchev–Trinajstić information content (AvgIpc) is 3.18. The first-order valence-electron chi connectivity index (χ1n) is 10.4. The molecule has 0 amide bonds. The van der Waals surface area contributed by atoms with E-state index in [1.165, 1.54) is 13.2 Å². The van der Waals surface area contributed by atoms with Crippen molar-refractivity contribution in [3.8, 4) is 22.7 Å². The van der Waals surface area contributed by atoms with Gasteiger partial charge in [-0.05, 0) is 56.1 Å². The SMILES string of the molecule is COc1ccc(-c2nn(-c3ccccc3C)cc2CN2CCCC[C@H]2CO)cc1F. The van der Waals surface area contributed by atoms with E-state index in [2.05, 4.69) is 17.9 Å². The maximum atomic E-state index is 14.4. The number of rotatable bonds is 6. The number of hydrogen-bond acceptors (Lipinski definition) is 4. The third kappa shape index (κ3) is 4.11. The van der Waals surface area contributed by atoms with Crippen LogP contribution >= 0.6 is 0 Å². The van der Waals surface area contributed by atoms with E-state index in [0.717, 1.165) is 48.3 Å². The molecule has 1 fully saturated rings. The quantitative estimate of drug-likeness (QED) is 0.658. The first-order valence-corrected chi connectivity index (χ1v) is 10.4. The van der Waals surface area contributed by atoms with Gasteiger partial charge in [0.25, 0.3) is 0 Å². The molecule has 6 heteroatoms. The molecule has 1 atom stereocenters. The van der Waals surface area contributed by atoms with Crippen LogP contribution in [0.25, 0.3) is 16.9 Å². The largest absolute Gasteiger partial charge is 0.494 e. The van der Waals surface area contributed by atoms with E-state index >= 15 is 0 Å². The number of hydrogen-bond donors (Lipinski definition) is 1. The topological polar surface area (TPSA) is 50.5 Å². The molecule has 1 aliphatic rings. The minimum Gasteiger partial charge on any atom is -0.494 e. The monoisotopic (exact) mass is 409 g/mol. The number of methoxy groups -OCH3 is 1. The lowest BCUT2D eigenvalue weighted by Gasteiger charge is -2.34. The van der Waals surface area contributed by atoms with Crippen LogP contribution in [0.1, 0.15) is 30.4 Å². The van der Waals surface area contributed by atoms with Gasteiger partial charge in [0.2, 0.25) is 0 Å². The number of nitrogens with zero attached hydrogens (tertiary/aromatic N) is 3. The summed E-state index contributed by atoms with van der Waals surface area (Å²) in [6.07, 6.45) is 5.29. The summed E-state index contributed by atoms with van der Waals surface area (Å²) in [6, 6.07) is 13.2. The first-order chi connectivity index (χ1) is 14.6. The van der Waals surface area contributed by atoms with E-state index in [9.17, 15) is 9.50 Å². The normalized spacial score (nSPS) is 17.3. The number of aliphatic hydroxyl groups is 1. The molecule has 0 bridgehead atoms. The van der Waals surface area contributed by atoms with Gasteiger partial charge in [-0.1, -0.05) is 24.6 Å². The molecule has 4 rings (SSSR count). The van der Waals surface area contributed by atoms with E-state index in [4.69, 9.17) is 9.84 Å². The van der Waals surface area contributed by atoms with Crippen molar-refractivity contribution in [1.29, 1.82) is 0 Å². The molecular formula is C24H28FN3O2. The number of halogens is 1. The van der Waals surface area contributed by atoms with Crippen molar-refractivity contribution < 1.29 is 14.2 Å². The van der Waals surface area contributed by atoms with Gasteiger partial charge < -0.3 is 9.84 Å². The molecule has 0 aliphatic carbocycles. The second-order valence-electron chi connectivity index (χ2n) is 7.89. The molecule has 158 valence electrons. The second-order valence-corrected chi connectivity index (χ2v) is 7.89. The van der Waals surface area contributed by atoms with Crippen LogP contribution in [-0.2, 0) is 6.54 Å². The smallest absolute Gasteiger partial charge is 0.165 e. The summed E-state index contributed by atoms with van der Waals surface area (Å²) in [6.45, 7) is 3.81. The Hall–Kier alpha value is -2.70. The highest BCUT2D eigenvalue weighted by Gasteiger charge is 2.24. The van der Waals surface area contributed by atoms with Gasteiger partial charge in [0.1, 0.15) is 0 Å². The van der Waals surface area contributed by atoms with E-state index in [1.807, 2.05) is 35.1 Å². The molecule has 2 heterocycles. The Labute approximate surface area is 176 Å². The van der Waals surface area contributed by atoms with E-state index in [0.29, 0.717) is 12.1 Å². The van der Waals surface area contributed by atoms with Crippen LogP contribution in [0.5, 0.6) is 5.75 Å². The molecular weight excluding hydrogens is 381 g/mol. The summed E-state index contributed by atoms with van der Waals surface area (Å²) in [4.78, 5) is 2.31. The molecule has 1 aliphatic heterocycles. The lowest BCUT2D eigenvalue weighted by atomic mass is 10.0. The minimum absolute atomic E-state index is 0.151. The van der Waals surface area contributed by atoms with Crippen LogP contribution in [0.4, 0.5) is 4.39 Å². The van der Waals surface area contributed by atoms with Gasteiger partial charge >= 0.3 is 0 Å². The Balaban J connectivity index is 1.77. The van der Waals surface area contributed by atoms with Gasteiger partial charge in [0.05, 0.1) is 25.1 Å². The van der Waals surface area contributed by atoms with Crippen LogP contribution in [-0.4, -0.2) is 46.1 Å². The summed E-state index contributed by atoms with van der Waals surface area (Å²) in [5.74, 6) is -0.187. The Morgan fingerprint density at radius 3 is 2.77 bits per heavy atom. The van der Waals surface area contributed by atoms with Crippen molar-refractivity contribution in [2.45, 2.75) is 38.8 Å². The van der Waals surface area contributed by atoms with Crippen molar-refractivity contribution in [2.75, 3.05) is 20.3 Å². The molecule has 3 aromatic rings. The molecule has 5 nitrogen and oxygen atoms in total. The highest BCUT2D eigenvalue weighted by atomic mass is 19.1. The fourth-order valence-corrected chi connectivity index (χ4v) is 4.22. The Kier molecular flexibility index (Phi) is 6.16. The zero-order valence-electron chi connectivity index (χ0n) is 17.5. The van der Waals surface area contributed by atoms with Crippen LogP contribution in [0, 0.1) is 12.7 Å². The van der Waals surface area contributed by atoms with Gasteiger partial charge in [0.15, 0.2) is 11.6 Å². The van der Waals surface area contributed by atoms with Gasteiger partial charge in [-0.3, -0.25) is 4.90 Å². The Bertz CT molecular complexity index is 1020. The van der Waals surface area contributed by atoms with Gasteiger partial charge in [-0.2, -0.15) is 5.10 Å². The second kappa shape index (κ2) is 8.98. The Morgan fingerprint density at radius 2 is 2.03 bits per heavy atom. The fourth-order valence-electron chi connectivity index (χ4n) is 4.22. The number of benzene rings is 2. The van der Waals surface area contributed by atoms with Crippen LogP contribution < -0.4 is 4.74 Å². The molecule has 0 saturated carbocycles. The first kappa shape index (κ1) is 20.6. The third-order valence-corrected chi connectivity index (χ3v) is 5.91. The third-order valence-electron chi connectivity index (χ3n) is 5.91. The van der Waals surface area contributed by atoms with Gasteiger partial charge in [-0.15, -0.1) is 0 Å². The van der Waals surface area contributed by atoms with Crippen molar-refractivity contribution in [3.05, 3.63) is 65.6 Å². The summed E-state index contributed by atoms with van der Waals surface area (Å²) in [5, 5.41) is 14.7. The summed E-state index contributed by atoms with van der Waals surface area (Å²) >= 11 is 0. The highest BCUT2D eigenvalue weighted by molar-refractivity contribution is 5.64. The number of aliphatic hydroxyl groups excluding tert-OH is 1. The van der Waals surface area contributed by atoms with Crippen LogP contribution in [0.15, 0.2) is 48.7 Å². The van der Waals surface area contributed by atoms with Gasteiger partial charge in [-0.25, -0.2) is 9.07 Å². The summed E-state index contributed by atoms with van der Waals surface area (Å²) < 4.78 is 21.4. The molecule has 0 spiro atoms. The minimum atomic E-state index is -0.405. The maximum absolute atomic E-state index is 14.4. The number of piperidine rings is 1. The Morgan fingerprint density at radius 1 is 1.20 bits per heavy atom. The standard InChI is InChI=1S/C24H28FN3O2/c1-17-7-3-4-9-22(17)28-15-19(14-27-12-6-5-8-20(27)16-29)24(26-28)18-10-11-23(30-2)21(25)13-18/h3-4,7,9-11,13,15,20,29H,5-6,8,12,14,16H2,1-2H3/t20-/m0/s1. The zero-order valence-corrected chi connectivity index (χ0v) is 17.5. The van der Waals surface area contributed by atoms with Gasteiger partial charge in [0, 0.05) is 29.9 Å². The van der Waals surface area contributed by atoms with Crippen molar-refractivity contribution in [2.24, 2.45) is 0 Å². The summed E-state index contributed by atoms with van der Waals surface area (Å²) in [7, 11) is 1.46. The predicted molar refractivity (Wildman–Crippen MR) is 115 cm³/mol. The maximum Gasteiger partial charge on any atom is 0.165 e. The van der Waals surface area contributed by atoms with E-state index < -0.39 is 5.82 Å². The van der Waals surface area contributed by atoms with Crippen molar-refractivity contribution in [3.63, 3.8) is 0 Å². The molecule has 2 aromatic carbocycles. The molecule has 0 unspecified atom stereocenters.